The van der Waals surface area contributed by atoms with Gasteiger partial charge in [-0.15, -0.1) is 24.2 Å². The standard InChI is InChI=1S/C23H27N3O3S2.ClH/c1-17-5-3-4-6-20(17)29-16-22(27)26(10-9-25-11-13-28-14-12-25)23-24-19-8-7-18(30-2)15-21(19)31-23;/h3-8,15H,9-14,16H2,1-2H3;1H. The summed E-state index contributed by atoms with van der Waals surface area (Å²) in [6.45, 7) is 6.58. The highest BCUT2D eigenvalue weighted by atomic mass is 35.5. The molecule has 1 fully saturated rings. The number of anilines is 1. The van der Waals surface area contributed by atoms with E-state index < -0.39 is 0 Å². The Kier molecular flexibility index (Phi) is 9.19. The number of carbonyl (C=O) groups is 1. The van der Waals surface area contributed by atoms with Crippen molar-refractivity contribution >= 4 is 56.8 Å². The fourth-order valence-corrected chi connectivity index (χ4v) is 5.03. The SMILES string of the molecule is CSc1ccc2nc(N(CCN3CCOCC3)C(=O)COc3ccccc3C)sc2c1.Cl. The van der Waals surface area contributed by atoms with Crippen LogP contribution in [0.2, 0.25) is 0 Å². The number of hydrogen-bond donors (Lipinski definition) is 0. The summed E-state index contributed by atoms with van der Waals surface area (Å²) < 4.78 is 12.4. The minimum Gasteiger partial charge on any atom is -0.483 e. The highest BCUT2D eigenvalue weighted by Crippen LogP contribution is 2.31. The second-order valence-electron chi connectivity index (χ2n) is 7.38. The number of aromatic nitrogens is 1. The first-order valence-corrected chi connectivity index (χ1v) is 12.4. The van der Waals surface area contributed by atoms with Crippen molar-refractivity contribution < 1.29 is 14.3 Å². The fourth-order valence-electron chi connectivity index (χ4n) is 3.46. The number of aryl methyl sites for hydroxylation is 1. The maximum Gasteiger partial charge on any atom is 0.266 e. The number of amides is 1. The topological polar surface area (TPSA) is 54.9 Å². The Morgan fingerprint density at radius 1 is 1.25 bits per heavy atom. The van der Waals surface area contributed by atoms with Gasteiger partial charge in [0, 0.05) is 31.1 Å². The van der Waals surface area contributed by atoms with Crippen LogP contribution in [0.5, 0.6) is 5.75 Å². The van der Waals surface area contributed by atoms with E-state index in [1.165, 1.54) is 4.90 Å². The molecule has 32 heavy (non-hydrogen) atoms. The lowest BCUT2D eigenvalue weighted by molar-refractivity contribution is -0.120. The number of benzene rings is 2. The molecule has 2 aromatic carbocycles. The summed E-state index contributed by atoms with van der Waals surface area (Å²) in [7, 11) is 0. The molecule has 2 heterocycles. The van der Waals surface area contributed by atoms with Gasteiger partial charge < -0.3 is 9.47 Å². The normalized spacial score (nSPS) is 14.2. The summed E-state index contributed by atoms with van der Waals surface area (Å²) in [6, 6.07) is 14.0. The van der Waals surface area contributed by atoms with Crippen LogP contribution in [0.15, 0.2) is 47.4 Å². The maximum absolute atomic E-state index is 13.2. The average molecular weight is 494 g/mol. The molecule has 6 nitrogen and oxygen atoms in total. The molecule has 0 spiro atoms. The lowest BCUT2D eigenvalue weighted by Gasteiger charge is -2.29. The van der Waals surface area contributed by atoms with Crippen molar-refractivity contribution in [1.82, 2.24) is 9.88 Å². The van der Waals surface area contributed by atoms with Gasteiger partial charge in [0.2, 0.25) is 0 Å². The minimum atomic E-state index is -0.0827. The van der Waals surface area contributed by atoms with Crippen molar-refractivity contribution in [3.05, 3.63) is 48.0 Å². The first-order valence-electron chi connectivity index (χ1n) is 10.4. The molecular weight excluding hydrogens is 466 g/mol. The molecule has 0 N–H and O–H groups in total. The van der Waals surface area contributed by atoms with Gasteiger partial charge in [-0.1, -0.05) is 29.5 Å². The monoisotopic (exact) mass is 493 g/mol. The molecule has 3 aromatic rings. The Bertz CT molecular complexity index is 1040. The summed E-state index contributed by atoms with van der Waals surface area (Å²) in [6.07, 6.45) is 2.06. The number of thioether (sulfide) groups is 1. The number of halogens is 1. The van der Waals surface area contributed by atoms with E-state index in [1.54, 1.807) is 28.0 Å². The number of hydrogen-bond acceptors (Lipinski definition) is 7. The summed E-state index contributed by atoms with van der Waals surface area (Å²) in [5.41, 5.74) is 1.93. The van der Waals surface area contributed by atoms with Crippen LogP contribution in [0.4, 0.5) is 5.13 Å². The molecular formula is C23H28ClN3O3S2. The summed E-state index contributed by atoms with van der Waals surface area (Å²) in [4.78, 5) is 23.3. The van der Waals surface area contributed by atoms with Crippen LogP contribution in [0, 0.1) is 6.92 Å². The van der Waals surface area contributed by atoms with Gasteiger partial charge in [0.1, 0.15) is 5.75 Å². The molecule has 0 aliphatic carbocycles. The van der Waals surface area contributed by atoms with Crippen molar-refractivity contribution in [2.75, 3.05) is 57.2 Å². The van der Waals surface area contributed by atoms with Gasteiger partial charge in [0.05, 0.1) is 23.4 Å². The van der Waals surface area contributed by atoms with Gasteiger partial charge in [-0.3, -0.25) is 14.6 Å². The first-order chi connectivity index (χ1) is 15.1. The van der Waals surface area contributed by atoms with Crippen molar-refractivity contribution in [3.63, 3.8) is 0 Å². The van der Waals surface area contributed by atoms with E-state index in [-0.39, 0.29) is 24.9 Å². The molecule has 0 saturated carbocycles. The van der Waals surface area contributed by atoms with Gasteiger partial charge in [0.15, 0.2) is 11.7 Å². The molecule has 0 unspecified atom stereocenters. The van der Waals surface area contributed by atoms with Gasteiger partial charge >= 0.3 is 0 Å². The number of morpholine rings is 1. The number of thiazole rings is 1. The molecule has 1 amide bonds. The second kappa shape index (κ2) is 11.9. The van der Waals surface area contributed by atoms with E-state index in [1.807, 2.05) is 37.3 Å². The Labute approximate surface area is 203 Å². The zero-order valence-electron chi connectivity index (χ0n) is 18.3. The maximum atomic E-state index is 13.2. The third-order valence-electron chi connectivity index (χ3n) is 5.30. The Morgan fingerprint density at radius 2 is 2.03 bits per heavy atom. The Morgan fingerprint density at radius 3 is 2.78 bits per heavy atom. The number of fused-ring (bicyclic) bond motifs is 1. The molecule has 9 heteroatoms. The van der Waals surface area contributed by atoms with E-state index in [0.717, 1.165) is 59.5 Å². The summed E-state index contributed by atoms with van der Waals surface area (Å²) in [5.74, 6) is 0.651. The van der Waals surface area contributed by atoms with Crippen molar-refractivity contribution in [3.8, 4) is 5.75 Å². The lowest BCUT2D eigenvalue weighted by Crippen LogP contribution is -2.44. The highest BCUT2D eigenvalue weighted by Gasteiger charge is 2.22. The molecule has 0 atom stereocenters. The van der Waals surface area contributed by atoms with E-state index >= 15 is 0 Å². The lowest BCUT2D eigenvalue weighted by atomic mass is 10.2. The zero-order valence-corrected chi connectivity index (χ0v) is 20.7. The van der Waals surface area contributed by atoms with Gasteiger partial charge in [0.25, 0.3) is 5.91 Å². The molecule has 1 aliphatic rings. The number of nitrogens with zero attached hydrogens (tertiary/aromatic N) is 3. The number of para-hydroxylation sites is 1. The van der Waals surface area contributed by atoms with Gasteiger partial charge in [-0.25, -0.2) is 4.98 Å². The minimum absolute atomic E-state index is 0. The number of ether oxygens (including phenoxy) is 2. The van der Waals surface area contributed by atoms with E-state index in [9.17, 15) is 4.79 Å². The van der Waals surface area contributed by atoms with E-state index in [2.05, 4.69) is 23.3 Å². The van der Waals surface area contributed by atoms with Gasteiger partial charge in [-0.05, 0) is 43.0 Å². The van der Waals surface area contributed by atoms with Crippen LogP contribution >= 0.6 is 35.5 Å². The molecule has 0 bridgehead atoms. The number of rotatable bonds is 8. The van der Waals surface area contributed by atoms with Crippen LogP contribution in [0.3, 0.4) is 0 Å². The Balaban J connectivity index is 0.00000289. The van der Waals surface area contributed by atoms with Crippen LogP contribution in [-0.2, 0) is 9.53 Å². The molecule has 1 saturated heterocycles. The van der Waals surface area contributed by atoms with Crippen molar-refractivity contribution in [2.45, 2.75) is 11.8 Å². The third kappa shape index (κ3) is 6.14. The van der Waals surface area contributed by atoms with Crippen molar-refractivity contribution in [2.24, 2.45) is 0 Å². The fraction of sp³-hybridized carbons (Fsp3) is 0.391. The van der Waals surface area contributed by atoms with Crippen LogP contribution in [0.1, 0.15) is 5.56 Å². The summed E-state index contributed by atoms with van der Waals surface area (Å²) >= 11 is 3.26. The Hall–Kier alpha value is -1.84. The van der Waals surface area contributed by atoms with Crippen molar-refractivity contribution in [1.29, 1.82) is 0 Å². The molecule has 1 aliphatic heterocycles. The van der Waals surface area contributed by atoms with Crippen LogP contribution < -0.4 is 9.64 Å². The largest absolute Gasteiger partial charge is 0.483 e. The molecule has 172 valence electrons. The first kappa shape index (κ1) is 24.8. The predicted octanol–water partition coefficient (Wildman–Crippen LogP) is 4.49. The number of carbonyl (C=O) groups excluding carboxylic acids is 1. The van der Waals surface area contributed by atoms with Gasteiger partial charge in [-0.2, -0.15) is 0 Å². The molecule has 4 rings (SSSR count). The summed E-state index contributed by atoms with van der Waals surface area (Å²) in [5, 5.41) is 0.722. The second-order valence-corrected chi connectivity index (χ2v) is 9.27. The predicted molar refractivity (Wildman–Crippen MR) is 135 cm³/mol. The highest BCUT2D eigenvalue weighted by molar-refractivity contribution is 7.98. The molecule has 0 radical (unpaired) electrons. The smallest absolute Gasteiger partial charge is 0.266 e. The average Bonchev–Trinajstić information content (AvgIpc) is 3.22. The van der Waals surface area contributed by atoms with Crippen LogP contribution in [-0.4, -0.2) is 68.0 Å². The zero-order chi connectivity index (χ0) is 21.6. The van der Waals surface area contributed by atoms with E-state index in [0.29, 0.717) is 6.54 Å². The van der Waals surface area contributed by atoms with Crippen LogP contribution in [0.25, 0.3) is 10.2 Å². The molecule has 1 aromatic heterocycles. The quantitative estimate of drug-likeness (QED) is 0.431. The van der Waals surface area contributed by atoms with E-state index in [4.69, 9.17) is 14.5 Å². The third-order valence-corrected chi connectivity index (χ3v) is 7.07.